The second kappa shape index (κ2) is 4.63. The Bertz CT molecular complexity index is 648. The number of nitrogens with one attached hydrogen (secondary N) is 1. The third-order valence-electron chi connectivity index (χ3n) is 3.35. The van der Waals surface area contributed by atoms with Gasteiger partial charge in [0.2, 0.25) is 0 Å². The number of aromatic amines is 1. The van der Waals surface area contributed by atoms with E-state index in [2.05, 4.69) is 20.1 Å². The zero-order valence-electron chi connectivity index (χ0n) is 10.7. The number of morpholine rings is 1. The molecule has 0 aromatic carbocycles. The molecule has 3 N–H and O–H groups in total. The lowest BCUT2D eigenvalue weighted by molar-refractivity contribution is 0.0958. The van der Waals surface area contributed by atoms with E-state index in [1.807, 2.05) is 0 Å². The van der Waals surface area contributed by atoms with E-state index < -0.39 is 0 Å². The number of fused-ring (bicyclic) bond motifs is 1. The number of ether oxygens (including phenoxy) is 1. The number of hydrogen-bond donors (Lipinski definition) is 2. The summed E-state index contributed by atoms with van der Waals surface area (Å²) in [6, 6.07) is 1.90. The number of nitrogens with zero attached hydrogens (tertiary/aromatic N) is 4. The quantitative estimate of drug-likeness (QED) is 0.713. The molecule has 0 aliphatic carbocycles. The van der Waals surface area contributed by atoms with Gasteiger partial charge < -0.3 is 15.4 Å². The van der Waals surface area contributed by atoms with Crippen molar-refractivity contribution in [3.05, 3.63) is 22.4 Å². The highest BCUT2D eigenvalue weighted by molar-refractivity contribution is 5.52. The largest absolute Gasteiger partial charge is 0.377 e. The lowest BCUT2D eigenvalue weighted by atomic mass is 10.2. The molecule has 8 heteroatoms. The predicted octanol–water partition coefficient (Wildman–Crippen LogP) is -1.11. The van der Waals surface area contributed by atoms with E-state index in [0.29, 0.717) is 31.2 Å². The average molecular weight is 264 g/mol. The fourth-order valence-corrected chi connectivity index (χ4v) is 2.38. The summed E-state index contributed by atoms with van der Waals surface area (Å²) in [7, 11) is 0. The van der Waals surface area contributed by atoms with E-state index in [1.54, 1.807) is 13.0 Å². The monoisotopic (exact) mass is 264 g/mol. The standard InChI is InChI=1S/C11H16N6O2/c1-7-13-9(4-10-14-15-11(18)17(7)10)16-2-3-19-6-8(16)5-12/h4,8H,2-3,5-6,12H2,1H3,(H,15,18). The summed E-state index contributed by atoms with van der Waals surface area (Å²) in [5.74, 6) is 1.39. The van der Waals surface area contributed by atoms with Crippen molar-refractivity contribution < 1.29 is 4.74 Å². The molecule has 0 spiro atoms. The first kappa shape index (κ1) is 12.1. The first-order chi connectivity index (χ1) is 9.20. The summed E-state index contributed by atoms with van der Waals surface area (Å²) in [5, 5.41) is 6.40. The minimum Gasteiger partial charge on any atom is -0.377 e. The highest BCUT2D eigenvalue weighted by Gasteiger charge is 2.24. The summed E-state index contributed by atoms with van der Waals surface area (Å²) in [5.41, 5.74) is 6.05. The van der Waals surface area contributed by atoms with Gasteiger partial charge in [0, 0.05) is 19.2 Å². The second-order valence-corrected chi connectivity index (χ2v) is 4.54. The van der Waals surface area contributed by atoms with Crippen LogP contribution in [0.2, 0.25) is 0 Å². The van der Waals surface area contributed by atoms with Crippen LogP contribution in [0.5, 0.6) is 0 Å². The highest BCUT2D eigenvalue weighted by Crippen LogP contribution is 2.18. The van der Waals surface area contributed by atoms with Crippen LogP contribution in [0.4, 0.5) is 5.82 Å². The number of rotatable bonds is 2. The molecule has 102 valence electrons. The summed E-state index contributed by atoms with van der Waals surface area (Å²) in [4.78, 5) is 18.1. The molecule has 1 atom stereocenters. The van der Waals surface area contributed by atoms with Crippen molar-refractivity contribution in [3.63, 3.8) is 0 Å². The molecule has 8 nitrogen and oxygen atoms in total. The Morgan fingerprint density at radius 2 is 2.47 bits per heavy atom. The average Bonchev–Trinajstić information content (AvgIpc) is 2.80. The number of nitrogens with two attached hydrogens (primary N) is 1. The molecule has 2 aromatic heterocycles. The first-order valence-corrected chi connectivity index (χ1v) is 6.20. The molecule has 0 saturated carbocycles. The van der Waals surface area contributed by atoms with Gasteiger partial charge in [-0.15, -0.1) is 0 Å². The van der Waals surface area contributed by atoms with Gasteiger partial charge in [-0.25, -0.2) is 19.3 Å². The van der Waals surface area contributed by atoms with Gasteiger partial charge in [-0.2, -0.15) is 5.10 Å². The van der Waals surface area contributed by atoms with Crippen molar-refractivity contribution in [2.45, 2.75) is 13.0 Å². The molecular formula is C11H16N6O2. The second-order valence-electron chi connectivity index (χ2n) is 4.54. The molecule has 3 rings (SSSR count). The summed E-state index contributed by atoms with van der Waals surface area (Å²) in [6.07, 6.45) is 0. The van der Waals surface area contributed by atoms with Gasteiger partial charge in [0.25, 0.3) is 0 Å². The Labute approximate surface area is 109 Å². The van der Waals surface area contributed by atoms with Gasteiger partial charge in [-0.05, 0) is 6.92 Å². The molecule has 0 amide bonds. The van der Waals surface area contributed by atoms with Crippen LogP contribution >= 0.6 is 0 Å². The molecule has 3 heterocycles. The molecular weight excluding hydrogens is 248 g/mol. The van der Waals surface area contributed by atoms with Gasteiger partial charge in [-0.3, -0.25) is 0 Å². The van der Waals surface area contributed by atoms with Crippen molar-refractivity contribution in [1.29, 1.82) is 0 Å². The van der Waals surface area contributed by atoms with E-state index in [9.17, 15) is 4.79 Å². The number of hydrogen-bond acceptors (Lipinski definition) is 6. The molecule has 1 aliphatic heterocycles. The Balaban J connectivity index is 2.07. The summed E-state index contributed by atoms with van der Waals surface area (Å²) < 4.78 is 6.87. The van der Waals surface area contributed by atoms with Crippen molar-refractivity contribution in [1.82, 2.24) is 19.6 Å². The Hall–Kier alpha value is -1.93. The maximum Gasteiger partial charge on any atom is 0.349 e. The minimum atomic E-state index is -0.274. The van der Waals surface area contributed by atoms with Gasteiger partial charge in [0.15, 0.2) is 5.65 Å². The fourth-order valence-electron chi connectivity index (χ4n) is 2.38. The van der Waals surface area contributed by atoms with Crippen LogP contribution in [0.1, 0.15) is 5.82 Å². The van der Waals surface area contributed by atoms with E-state index in [0.717, 1.165) is 12.4 Å². The third-order valence-corrected chi connectivity index (χ3v) is 3.35. The molecule has 1 aliphatic rings. The van der Waals surface area contributed by atoms with Crippen LogP contribution in [0.25, 0.3) is 5.65 Å². The third kappa shape index (κ3) is 1.98. The Kier molecular flexibility index (Phi) is 2.96. The van der Waals surface area contributed by atoms with Crippen LogP contribution in [-0.2, 0) is 4.74 Å². The van der Waals surface area contributed by atoms with Crippen LogP contribution in [0.15, 0.2) is 10.9 Å². The van der Waals surface area contributed by atoms with Crippen molar-refractivity contribution in [3.8, 4) is 0 Å². The first-order valence-electron chi connectivity index (χ1n) is 6.20. The van der Waals surface area contributed by atoms with Gasteiger partial charge >= 0.3 is 5.69 Å². The van der Waals surface area contributed by atoms with E-state index in [-0.39, 0.29) is 11.7 Å². The predicted molar refractivity (Wildman–Crippen MR) is 69.4 cm³/mol. The van der Waals surface area contributed by atoms with Crippen molar-refractivity contribution >= 4 is 11.5 Å². The number of aryl methyl sites for hydroxylation is 1. The van der Waals surface area contributed by atoms with Crippen molar-refractivity contribution in [2.75, 3.05) is 31.2 Å². The van der Waals surface area contributed by atoms with Crippen LogP contribution in [-0.4, -0.2) is 51.9 Å². The molecule has 0 bridgehead atoms. The van der Waals surface area contributed by atoms with E-state index in [4.69, 9.17) is 10.5 Å². The lowest BCUT2D eigenvalue weighted by Crippen LogP contribution is -2.50. The molecule has 2 aromatic rings. The maximum atomic E-state index is 11.6. The van der Waals surface area contributed by atoms with E-state index >= 15 is 0 Å². The highest BCUT2D eigenvalue weighted by atomic mass is 16.5. The van der Waals surface area contributed by atoms with Gasteiger partial charge in [0.05, 0.1) is 19.3 Å². The number of anilines is 1. The van der Waals surface area contributed by atoms with E-state index in [1.165, 1.54) is 4.40 Å². The number of aromatic nitrogens is 4. The Morgan fingerprint density at radius 1 is 1.63 bits per heavy atom. The smallest absolute Gasteiger partial charge is 0.349 e. The van der Waals surface area contributed by atoms with Gasteiger partial charge in [-0.1, -0.05) is 0 Å². The fraction of sp³-hybridized carbons (Fsp3) is 0.545. The van der Waals surface area contributed by atoms with Gasteiger partial charge in [0.1, 0.15) is 11.6 Å². The van der Waals surface area contributed by atoms with Crippen LogP contribution < -0.4 is 16.3 Å². The maximum absolute atomic E-state index is 11.6. The molecule has 1 unspecified atom stereocenters. The molecule has 0 radical (unpaired) electrons. The molecule has 1 fully saturated rings. The van der Waals surface area contributed by atoms with Crippen molar-refractivity contribution in [2.24, 2.45) is 5.73 Å². The van der Waals surface area contributed by atoms with Crippen LogP contribution in [0, 0.1) is 6.92 Å². The lowest BCUT2D eigenvalue weighted by Gasteiger charge is -2.35. The SMILES string of the molecule is Cc1nc(N2CCOCC2CN)cc2n[nH]c(=O)n12. The molecule has 1 saturated heterocycles. The normalized spacial score (nSPS) is 20.1. The zero-order chi connectivity index (χ0) is 13.4. The topological polar surface area (TPSA) is 102 Å². The summed E-state index contributed by atoms with van der Waals surface area (Å²) in [6.45, 7) is 4.26. The zero-order valence-corrected chi connectivity index (χ0v) is 10.7. The summed E-state index contributed by atoms with van der Waals surface area (Å²) >= 11 is 0. The Morgan fingerprint density at radius 3 is 3.26 bits per heavy atom. The number of H-pyrrole nitrogens is 1. The minimum absolute atomic E-state index is 0.105. The molecule has 19 heavy (non-hydrogen) atoms. The van der Waals surface area contributed by atoms with Crippen LogP contribution in [0.3, 0.4) is 0 Å².